The molecule has 0 radical (unpaired) electrons. The van der Waals surface area contributed by atoms with Crippen LogP contribution in [-0.4, -0.2) is 20.9 Å². The van der Waals surface area contributed by atoms with E-state index >= 15 is 0 Å². The number of hydrogen-bond donors (Lipinski definition) is 2. The number of carbonyl (C=O) groups is 1. The van der Waals surface area contributed by atoms with Crippen molar-refractivity contribution in [1.82, 2.24) is 15.0 Å². The van der Waals surface area contributed by atoms with Crippen LogP contribution in [0.1, 0.15) is 54.7 Å². The third kappa shape index (κ3) is 6.87. The maximum absolute atomic E-state index is 12.4. The molecule has 3 heterocycles. The Morgan fingerprint density at radius 2 is 1.50 bits per heavy atom. The predicted molar refractivity (Wildman–Crippen MR) is 127 cm³/mol. The Hall–Kier alpha value is -3.75. The smallest absolute Gasteiger partial charge is 0.398 e. The summed E-state index contributed by atoms with van der Waals surface area (Å²) in [6.45, 7) is 0. The Morgan fingerprint density at radius 1 is 0.853 bits per heavy atom. The molecular formula is C25H26F3N5O. The van der Waals surface area contributed by atoms with Crippen molar-refractivity contribution in [3.8, 4) is 0 Å². The van der Waals surface area contributed by atoms with E-state index in [0.29, 0.717) is 5.39 Å². The van der Waals surface area contributed by atoms with Crippen LogP contribution in [0.15, 0.2) is 60.9 Å². The number of benzene rings is 1. The van der Waals surface area contributed by atoms with Crippen LogP contribution in [0, 0.1) is 0 Å². The molecule has 0 unspecified atom stereocenters. The zero-order valence-electron chi connectivity index (χ0n) is 18.6. The third-order valence-corrected chi connectivity index (χ3v) is 5.28. The Bertz CT molecular complexity index is 1240. The van der Waals surface area contributed by atoms with Gasteiger partial charge in [-0.05, 0) is 30.3 Å². The van der Waals surface area contributed by atoms with Crippen LogP contribution in [-0.2, 0) is 6.18 Å². The van der Waals surface area contributed by atoms with E-state index < -0.39 is 17.8 Å². The van der Waals surface area contributed by atoms with Crippen molar-refractivity contribution in [3.63, 3.8) is 0 Å². The normalized spacial score (nSPS) is 13.4. The van der Waals surface area contributed by atoms with E-state index in [1.54, 1.807) is 48.8 Å². The summed E-state index contributed by atoms with van der Waals surface area (Å²) in [6.07, 6.45) is 7.85. The second-order valence-electron chi connectivity index (χ2n) is 7.86. The summed E-state index contributed by atoms with van der Waals surface area (Å²) in [5.41, 5.74) is 11.0. The van der Waals surface area contributed by atoms with Gasteiger partial charge in [0.15, 0.2) is 0 Å². The van der Waals surface area contributed by atoms with Crippen molar-refractivity contribution >= 4 is 33.4 Å². The molecule has 1 fully saturated rings. The number of hydrogen-bond acceptors (Lipinski definition) is 5. The fraction of sp³-hybridized carbons (Fsp3) is 0.280. The maximum Gasteiger partial charge on any atom is 0.433 e. The molecule has 3 aromatic heterocycles. The first kappa shape index (κ1) is 24.9. The highest BCUT2D eigenvalue weighted by Gasteiger charge is 2.33. The molecule has 4 N–H and O–H groups in total. The van der Waals surface area contributed by atoms with Gasteiger partial charge in [0.25, 0.3) is 5.91 Å². The molecule has 0 saturated heterocycles. The quantitative estimate of drug-likeness (QED) is 0.361. The number of nitrogens with zero attached hydrogens (tertiary/aromatic N) is 3. The van der Waals surface area contributed by atoms with Crippen LogP contribution in [0.2, 0.25) is 0 Å². The number of halogens is 3. The molecule has 178 valence electrons. The van der Waals surface area contributed by atoms with Gasteiger partial charge in [-0.2, -0.15) is 13.2 Å². The minimum absolute atomic E-state index is 0.0907. The number of aromatic nitrogens is 3. The zero-order chi connectivity index (χ0) is 24.6. The second kappa shape index (κ2) is 11.4. The fourth-order valence-electron chi connectivity index (χ4n) is 3.51. The van der Waals surface area contributed by atoms with Crippen molar-refractivity contribution in [1.29, 1.82) is 0 Å². The lowest BCUT2D eigenvalue weighted by Gasteiger charge is -2.08. The van der Waals surface area contributed by atoms with Gasteiger partial charge in [-0.1, -0.05) is 56.7 Å². The number of primary amides is 1. The van der Waals surface area contributed by atoms with Crippen LogP contribution < -0.4 is 11.5 Å². The Labute approximate surface area is 195 Å². The van der Waals surface area contributed by atoms with Crippen LogP contribution in [0.25, 0.3) is 21.8 Å². The SMILES string of the molecule is C1CCCCC1.NC(=O)c1ccc2cnccc2n1.Nc1cc(C(F)(F)F)nc2ccccc12. The van der Waals surface area contributed by atoms with Crippen LogP contribution in [0.5, 0.6) is 0 Å². The number of rotatable bonds is 1. The van der Waals surface area contributed by atoms with Crippen LogP contribution in [0.4, 0.5) is 18.9 Å². The summed E-state index contributed by atoms with van der Waals surface area (Å²) in [4.78, 5) is 22.3. The van der Waals surface area contributed by atoms with Crippen molar-refractivity contribution in [2.45, 2.75) is 44.7 Å². The van der Waals surface area contributed by atoms with Crippen molar-refractivity contribution < 1.29 is 18.0 Å². The first-order valence-corrected chi connectivity index (χ1v) is 11.0. The number of fused-ring (bicyclic) bond motifs is 2. The maximum atomic E-state index is 12.4. The van der Waals surface area contributed by atoms with E-state index in [0.717, 1.165) is 17.0 Å². The van der Waals surface area contributed by atoms with Gasteiger partial charge in [-0.15, -0.1) is 0 Å². The molecule has 1 aliphatic rings. The average Bonchev–Trinajstić information content (AvgIpc) is 2.85. The molecule has 1 amide bonds. The van der Waals surface area contributed by atoms with Gasteiger partial charge < -0.3 is 11.5 Å². The standard InChI is InChI=1S/C10H7F3N2.C9H7N3O.C6H12/c11-10(12,13)9-5-7(14)6-3-1-2-4-8(6)15-9;10-9(13)8-2-1-6-5-11-4-3-7(6)12-8;1-2-4-6-5-3-1/h1-5H,(H2,14,15);1-5H,(H2,10,13);1-6H2. The molecule has 0 bridgehead atoms. The van der Waals surface area contributed by atoms with Crippen molar-refractivity contribution in [2.24, 2.45) is 5.73 Å². The van der Waals surface area contributed by atoms with Gasteiger partial charge in [0.05, 0.1) is 11.0 Å². The number of anilines is 1. The lowest BCUT2D eigenvalue weighted by Crippen LogP contribution is -2.12. The van der Waals surface area contributed by atoms with E-state index in [2.05, 4.69) is 15.0 Å². The predicted octanol–water partition coefficient (Wildman–Crippen LogP) is 5.91. The molecule has 0 atom stereocenters. The Kier molecular flexibility index (Phi) is 8.34. The minimum Gasteiger partial charge on any atom is -0.398 e. The monoisotopic (exact) mass is 469 g/mol. The number of para-hydroxylation sites is 1. The fourth-order valence-corrected chi connectivity index (χ4v) is 3.51. The molecule has 0 spiro atoms. The number of amides is 1. The van der Waals surface area contributed by atoms with E-state index in [1.165, 1.54) is 44.6 Å². The van der Waals surface area contributed by atoms with E-state index in [-0.39, 0.29) is 16.9 Å². The number of alkyl halides is 3. The molecule has 1 aromatic carbocycles. The van der Waals surface area contributed by atoms with Crippen molar-refractivity contribution in [3.05, 3.63) is 72.3 Å². The summed E-state index contributed by atoms with van der Waals surface area (Å²) < 4.78 is 37.1. The van der Waals surface area contributed by atoms with E-state index in [4.69, 9.17) is 11.5 Å². The molecule has 6 nitrogen and oxygen atoms in total. The minimum atomic E-state index is -4.46. The van der Waals surface area contributed by atoms with Gasteiger partial charge >= 0.3 is 6.18 Å². The summed E-state index contributed by atoms with van der Waals surface area (Å²) in [5.74, 6) is -0.515. The van der Waals surface area contributed by atoms with Gasteiger partial charge in [-0.3, -0.25) is 9.78 Å². The summed E-state index contributed by atoms with van der Waals surface area (Å²) >= 11 is 0. The van der Waals surface area contributed by atoms with E-state index in [9.17, 15) is 18.0 Å². The lowest BCUT2D eigenvalue weighted by molar-refractivity contribution is -0.140. The topological polar surface area (TPSA) is 108 Å². The van der Waals surface area contributed by atoms with Crippen molar-refractivity contribution in [2.75, 3.05) is 5.73 Å². The number of nitrogens with two attached hydrogens (primary N) is 2. The summed E-state index contributed by atoms with van der Waals surface area (Å²) in [6, 6.07) is 12.4. The number of nitrogen functional groups attached to an aromatic ring is 1. The largest absolute Gasteiger partial charge is 0.433 e. The molecule has 1 aliphatic carbocycles. The number of pyridine rings is 3. The first-order valence-electron chi connectivity index (χ1n) is 11.0. The average molecular weight is 470 g/mol. The van der Waals surface area contributed by atoms with Crippen LogP contribution >= 0.6 is 0 Å². The van der Waals surface area contributed by atoms with Crippen LogP contribution in [0.3, 0.4) is 0 Å². The molecule has 9 heteroatoms. The first-order chi connectivity index (χ1) is 16.3. The molecule has 4 aromatic rings. The Balaban J connectivity index is 0.000000155. The molecule has 0 aliphatic heterocycles. The van der Waals surface area contributed by atoms with Gasteiger partial charge in [0.1, 0.15) is 11.4 Å². The van der Waals surface area contributed by atoms with Gasteiger partial charge in [0.2, 0.25) is 0 Å². The Morgan fingerprint density at radius 3 is 2.12 bits per heavy atom. The second-order valence-corrected chi connectivity index (χ2v) is 7.86. The van der Waals surface area contributed by atoms with Gasteiger partial charge in [-0.25, -0.2) is 9.97 Å². The molecule has 34 heavy (non-hydrogen) atoms. The zero-order valence-corrected chi connectivity index (χ0v) is 18.6. The molecule has 1 saturated carbocycles. The lowest BCUT2D eigenvalue weighted by atomic mass is 10.0. The van der Waals surface area contributed by atoms with Gasteiger partial charge in [0, 0.05) is 28.9 Å². The number of carbonyl (C=O) groups excluding carboxylic acids is 1. The highest BCUT2D eigenvalue weighted by Crippen LogP contribution is 2.31. The van der Waals surface area contributed by atoms with E-state index in [1.807, 2.05) is 0 Å². The highest BCUT2D eigenvalue weighted by atomic mass is 19.4. The summed E-state index contributed by atoms with van der Waals surface area (Å²) in [7, 11) is 0. The highest BCUT2D eigenvalue weighted by molar-refractivity contribution is 5.93. The molecular weight excluding hydrogens is 443 g/mol. The summed E-state index contributed by atoms with van der Waals surface area (Å²) in [5, 5.41) is 1.43. The molecule has 5 rings (SSSR count). The third-order valence-electron chi connectivity index (χ3n) is 5.28.